The van der Waals surface area contributed by atoms with Gasteiger partial charge in [0.25, 0.3) is 0 Å². The van der Waals surface area contributed by atoms with Crippen molar-refractivity contribution in [1.82, 2.24) is 10.1 Å². The van der Waals surface area contributed by atoms with Gasteiger partial charge < -0.3 is 14.5 Å². The molecule has 2 heterocycles. The predicted octanol–water partition coefficient (Wildman–Crippen LogP) is 2.11. The number of carboxylic acids is 1. The first-order valence-electron chi connectivity index (χ1n) is 7.33. The Hall–Kier alpha value is -1.85. The molecule has 2 unspecified atom stereocenters. The van der Waals surface area contributed by atoms with E-state index in [2.05, 4.69) is 5.16 Å². The Morgan fingerprint density at radius 3 is 2.76 bits per heavy atom. The van der Waals surface area contributed by atoms with Crippen LogP contribution in [-0.4, -0.2) is 40.1 Å². The third kappa shape index (κ3) is 3.43. The summed E-state index contributed by atoms with van der Waals surface area (Å²) >= 11 is 0. The van der Waals surface area contributed by atoms with Crippen molar-refractivity contribution in [1.29, 1.82) is 0 Å². The maximum atomic E-state index is 12.4. The van der Waals surface area contributed by atoms with Gasteiger partial charge in [0.2, 0.25) is 5.91 Å². The lowest BCUT2D eigenvalue weighted by atomic mass is 9.94. The molecule has 1 aliphatic rings. The highest BCUT2D eigenvalue weighted by Gasteiger charge is 2.29. The van der Waals surface area contributed by atoms with E-state index in [-0.39, 0.29) is 11.8 Å². The quantitative estimate of drug-likeness (QED) is 0.919. The van der Waals surface area contributed by atoms with Gasteiger partial charge in [-0.15, -0.1) is 0 Å². The van der Waals surface area contributed by atoms with E-state index in [1.54, 1.807) is 4.90 Å². The SMILES string of the molecule is Cc1noc(C)c1C(C)CC(=O)N1CCCC(C(=O)O)C1. The van der Waals surface area contributed by atoms with Gasteiger partial charge in [0.15, 0.2) is 0 Å². The minimum absolute atomic E-state index is 0.00782. The van der Waals surface area contributed by atoms with Crippen LogP contribution in [0.4, 0.5) is 0 Å². The summed E-state index contributed by atoms with van der Waals surface area (Å²) < 4.78 is 5.14. The van der Waals surface area contributed by atoms with E-state index in [4.69, 9.17) is 9.63 Å². The van der Waals surface area contributed by atoms with Crippen molar-refractivity contribution in [2.24, 2.45) is 5.92 Å². The molecule has 0 radical (unpaired) electrons. The third-order valence-corrected chi connectivity index (χ3v) is 4.19. The second kappa shape index (κ2) is 6.28. The highest BCUT2D eigenvalue weighted by atomic mass is 16.5. The smallest absolute Gasteiger partial charge is 0.308 e. The fourth-order valence-corrected chi connectivity index (χ4v) is 3.09. The Morgan fingerprint density at radius 1 is 1.48 bits per heavy atom. The molecular formula is C15H22N2O4. The molecule has 0 aliphatic carbocycles. The van der Waals surface area contributed by atoms with Gasteiger partial charge in [-0.2, -0.15) is 0 Å². The molecule has 116 valence electrons. The van der Waals surface area contributed by atoms with Crippen molar-refractivity contribution in [3.8, 4) is 0 Å². The zero-order valence-electron chi connectivity index (χ0n) is 12.8. The van der Waals surface area contributed by atoms with Gasteiger partial charge in [-0.25, -0.2) is 0 Å². The highest BCUT2D eigenvalue weighted by molar-refractivity contribution is 5.78. The Labute approximate surface area is 124 Å². The Bertz CT molecular complexity index is 518. The second-order valence-electron chi connectivity index (χ2n) is 5.86. The van der Waals surface area contributed by atoms with Crippen LogP contribution in [0, 0.1) is 19.8 Å². The highest BCUT2D eigenvalue weighted by Crippen LogP contribution is 2.27. The number of likely N-dealkylation sites (tertiary alicyclic amines) is 1. The molecule has 2 rings (SSSR count). The summed E-state index contributed by atoms with van der Waals surface area (Å²) in [6.07, 6.45) is 1.76. The lowest BCUT2D eigenvalue weighted by Gasteiger charge is -2.31. The normalized spacial score (nSPS) is 20.3. The molecule has 6 nitrogen and oxygen atoms in total. The number of carbonyl (C=O) groups is 2. The van der Waals surface area contributed by atoms with Gasteiger partial charge in [-0.05, 0) is 32.6 Å². The Kier molecular flexibility index (Phi) is 4.65. The Morgan fingerprint density at radius 2 is 2.19 bits per heavy atom. The molecule has 0 bridgehead atoms. The number of carboxylic acid groups (broad SMARTS) is 1. The summed E-state index contributed by atoms with van der Waals surface area (Å²) in [7, 11) is 0. The van der Waals surface area contributed by atoms with E-state index in [0.29, 0.717) is 25.9 Å². The van der Waals surface area contributed by atoms with Crippen LogP contribution in [0.25, 0.3) is 0 Å². The first-order chi connectivity index (χ1) is 9.90. The molecule has 1 amide bonds. The molecular weight excluding hydrogens is 272 g/mol. The molecule has 1 saturated heterocycles. The van der Waals surface area contributed by atoms with Crippen LogP contribution in [0.1, 0.15) is 49.1 Å². The number of rotatable bonds is 4. The van der Waals surface area contributed by atoms with E-state index in [1.807, 2.05) is 20.8 Å². The number of hydrogen-bond acceptors (Lipinski definition) is 4. The van der Waals surface area contributed by atoms with Crippen LogP contribution in [0.2, 0.25) is 0 Å². The zero-order valence-corrected chi connectivity index (χ0v) is 12.8. The maximum Gasteiger partial charge on any atom is 0.308 e. The number of nitrogens with zero attached hydrogens (tertiary/aromatic N) is 2. The second-order valence-corrected chi connectivity index (χ2v) is 5.86. The van der Waals surface area contributed by atoms with Gasteiger partial charge in [0, 0.05) is 25.1 Å². The van der Waals surface area contributed by atoms with Crippen molar-refractivity contribution in [3.63, 3.8) is 0 Å². The molecule has 1 aromatic rings. The summed E-state index contributed by atoms with van der Waals surface area (Å²) in [5, 5.41) is 13.0. The number of piperidine rings is 1. The first-order valence-corrected chi connectivity index (χ1v) is 7.33. The van der Waals surface area contributed by atoms with Crippen molar-refractivity contribution in [2.75, 3.05) is 13.1 Å². The number of hydrogen-bond donors (Lipinski definition) is 1. The molecule has 2 atom stereocenters. The molecule has 0 saturated carbocycles. The largest absolute Gasteiger partial charge is 0.481 e. The van der Waals surface area contributed by atoms with Crippen molar-refractivity contribution in [2.45, 2.75) is 46.0 Å². The molecule has 0 spiro atoms. The summed E-state index contributed by atoms with van der Waals surface area (Å²) in [5.74, 6) is -0.472. The van der Waals surface area contributed by atoms with Gasteiger partial charge in [0.05, 0.1) is 11.6 Å². The molecule has 1 aliphatic heterocycles. The monoisotopic (exact) mass is 294 g/mol. The molecule has 1 N–H and O–H groups in total. The molecule has 1 fully saturated rings. The van der Waals surface area contributed by atoms with Crippen LogP contribution in [0.5, 0.6) is 0 Å². The van der Waals surface area contributed by atoms with E-state index in [9.17, 15) is 9.59 Å². The van der Waals surface area contributed by atoms with Crippen LogP contribution >= 0.6 is 0 Å². The summed E-state index contributed by atoms with van der Waals surface area (Å²) in [5.41, 5.74) is 1.80. The lowest BCUT2D eigenvalue weighted by molar-refractivity contribution is -0.145. The molecule has 21 heavy (non-hydrogen) atoms. The number of aromatic nitrogens is 1. The number of aliphatic carboxylic acids is 1. The molecule has 6 heteroatoms. The zero-order chi connectivity index (χ0) is 15.6. The lowest BCUT2D eigenvalue weighted by Crippen LogP contribution is -2.42. The Balaban J connectivity index is 1.99. The van der Waals surface area contributed by atoms with Gasteiger partial charge in [-0.3, -0.25) is 9.59 Å². The standard InChI is InChI=1S/C15H22N2O4/c1-9(14-10(2)16-21-11(14)3)7-13(18)17-6-4-5-12(8-17)15(19)20/h9,12H,4-8H2,1-3H3,(H,19,20). The fourth-order valence-electron chi connectivity index (χ4n) is 3.09. The van der Waals surface area contributed by atoms with E-state index in [0.717, 1.165) is 23.4 Å². The number of aryl methyl sites for hydroxylation is 2. The first kappa shape index (κ1) is 15.5. The van der Waals surface area contributed by atoms with Crippen LogP contribution < -0.4 is 0 Å². The third-order valence-electron chi connectivity index (χ3n) is 4.19. The average Bonchev–Trinajstić information content (AvgIpc) is 2.78. The number of amides is 1. The maximum absolute atomic E-state index is 12.4. The fraction of sp³-hybridized carbons (Fsp3) is 0.667. The van der Waals surface area contributed by atoms with Crippen LogP contribution in [0.3, 0.4) is 0 Å². The number of carbonyl (C=O) groups excluding carboxylic acids is 1. The summed E-state index contributed by atoms with van der Waals surface area (Å²) in [4.78, 5) is 25.1. The van der Waals surface area contributed by atoms with E-state index in [1.165, 1.54) is 0 Å². The van der Waals surface area contributed by atoms with Crippen molar-refractivity contribution < 1.29 is 19.2 Å². The van der Waals surface area contributed by atoms with Gasteiger partial charge >= 0.3 is 5.97 Å². The topological polar surface area (TPSA) is 83.6 Å². The van der Waals surface area contributed by atoms with Crippen molar-refractivity contribution >= 4 is 11.9 Å². The van der Waals surface area contributed by atoms with Crippen LogP contribution in [-0.2, 0) is 9.59 Å². The molecule has 1 aromatic heterocycles. The van der Waals surface area contributed by atoms with Crippen molar-refractivity contribution in [3.05, 3.63) is 17.0 Å². The summed E-state index contributed by atoms with van der Waals surface area (Å²) in [6.45, 7) is 6.66. The van der Waals surface area contributed by atoms with E-state index < -0.39 is 11.9 Å². The average molecular weight is 294 g/mol. The molecule has 0 aromatic carbocycles. The van der Waals surface area contributed by atoms with E-state index >= 15 is 0 Å². The van der Waals surface area contributed by atoms with Gasteiger partial charge in [-0.1, -0.05) is 12.1 Å². The summed E-state index contributed by atoms with van der Waals surface area (Å²) in [6, 6.07) is 0. The minimum atomic E-state index is -0.814. The van der Waals surface area contributed by atoms with Crippen LogP contribution in [0.15, 0.2) is 4.52 Å². The van der Waals surface area contributed by atoms with Gasteiger partial charge in [0.1, 0.15) is 5.76 Å². The minimum Gasteiger partial charge on any atom is -0.481 e. The predicted molar refractivity (Wildman–Crippen MR) is 75.9 cm³/mol.